The van der Waals surface area contributed by atoms with Crippen molar-refractivity contribution in [2.45, 2.75) is 20.3 Å². The summed E-state index contributed by atoms with van der Waals surface area (Å²) in [7, 11) is 3.79. The molecule has 5 nitrogen and oxygen atoms in total. The van der Waals surface area contributed by atoms with Gasteiger partial charge in [-0.2, -0.15) is 5.10 Å². The quantitative estimate of drug-likeness (QED) is 0.628. The number of rotatable bonds is 5. The largest absolute Gasteiger partial charge is 0.440 e. The molecule has 0 bridgehead atoms. The zero-order chi connectivity index (χ0) is 12.8. The van der Waals surface area contributed by atoms with E-state index in [1.165, 1.54) is 6.21 Å². The van der Waals surface area contributed by atoms with Crippen LogP contribution in [0.25, 0.3) is 0 Å². The van der Waals surface area contributed by atoms with Gasteiger partial charge in [-0.25, -0.2) is 5.43 Å². The van der Waals surface area contributed by atoms with E-state index in [-0.39, 0.29) is 5.91 Å². The van der Waals surface area contributed by atoms with Gasteiger partial charge in [0.15, 0.2) is 5.88 Å². The van der Waals surface area contributed by atoms with Gasteiger partial charge in [-0.15, -0.1) is 0 Å². The van der Waals surface area contributed by atoms with Gasteiger partial charge in [0.2, 0.25) is 5.91 Å². The van der Waals surface area contributed by atoms with Crippen molar-refractivity contribution in [1.29, 1.82) is 0 Å². The second-order valence-corrected chi connectivity index (χ2v) is 4.46. The zero-order valence-corrected chi connectivity index (χ0v) is 10.7. The van der Waals surface area contributed by atoms with Crippen molar-refractivity contribution < 1.29 is 9.21 Å². The van der Waals surface area contributed by atoms with Crippen LogP contribution < -0.4 is 10.3 Å². The molecule has 0 saturated carbocycles. The smallest absolute Gasteiger partial charge is 0.240 e. The van der Waals surface area contributed by atoms with Gasteiger partial charge in [0.25, 0.3) is 0 Å². The Labute approximate surface area is 101 Å². The number of carbonyl (C=O) groups excluding carboxylic acids is 1. The molecule has 1 rings (SSSR count). The predicted molar refractivity (Wildman–Crippen MR) is 68.2 cm³/mol. The molecule has 0 unspecified atom stereocenters. The first-order valence-electron chi connectivity index (χ1n) is 5.58. The van der Waals surface area contributed by atoms with Crippen LogP contribution in [0, 0.1) is 5.92 Å². The Hall–Kier alpha value is -1.78. The van der Waals surface area contributed by atoms with E-state index < -0.39 is 0 Å². The van der Waals surface area contributed by atoms with Crippen LogP contribution in [0.2, 0.25) is 0 Å². The molecule has 0 radical (unpaired) electrons. The van der Waals surface area contributed by atoms with Crippen molar-refractivity contribution >= 4 is 18.0 Å². The number of amides is 1. The standard InChI is InChI=1S/C12H19N3O2/c1-9(2)7-11(16)14-13-8-10-5-6-12(17-10)15(3)4/h5-6,8-9H,7H2,1-4H3,(H,14,16)/b13-8-. The summed E-state index contributed by atoms with van der Waals surface area (Å²) in [6, 6.07) is 3.64. The molecule has 1 heterocycles. The van der Waals surface area contributed by atoms with E-state index >= 15 is 0 Å². The van der Waals surface area contributed by atoms with E-state index in [1.807, 2.05) is 38.9 Å². The zero-order valence-electron chi connectivity index (χ0n) is 10.7. The summed E-state index contributed by atoms with van der Waals surface area (Å²) in [5, 5.41) is 3.83. The van der Waals surface area contributed by atoms with Gasteiger partial charge in [-0.05, 0) is 12.0 Å². The van der Waals surface area contributed by atoms with E-state index in [0.29, 0.717) is 18.1 Å². The first-order valence-corrected chi connectivity index (χ1v) is 5.58. The summed E-state index contributed by atoms with van der Waals surface area (Å²) in [6.07, 6.45) is 1.96. The highest BCUT2D eigenvalue weighted by molar-refractivity contribution is 5.80. The minimum atomic E-state index is -0.0874. The second kappa shape index (κ2) is 6.08. The maximum atomic E-state index is 11.3. The highest BCUT2D eigenvalue weighted by Gasteiger charge is 2.03. The fraction of sp³-hybridized carbons (Fsp3) is 0.500. The minimum Gasteiger partial charge on any atom is -0.440 e. The van der Waals surface area contributed by atoms with Crippen molar-refractivity contribution in [3.63, 3.8) is 0 Å². The molecule has 0 aliphatic heterocycles. The van der Waals surface area contributed by atoms with Gasteiger partial charge < -0.3 is 9.32 Å². The van der Waals surface area contributed by atoms with Crippen LogP contribution >= 0.6 is 0 Å². The predicted octanol–water partition coefficient (Wildman–Crippen LogP) is 1.84. The van der Waals surface area contributed by atoms with Crippen LogP contribution in [0.4, 0.5) is 5.88 Å². The van der Waals surface area contributed by atoms with Crippen molar-refractivity contribution in [2.75, 3.05) is 19.0 Å². The fourth-order valence-corrected chi connectivity index (χ4v) is 1.24. The molecule has 5 heteroatoms. The Morgan fingerprint density at radius 1 is 1.53 bits per heavy atom. The number of nitrogens with one attached hydrogen (secondary N) is 1. The van der Waals surface area contributed by atoms with Crippen LogP contribution in [-0.2, 0) is 4.79 Å². The van der Waals surface area contributed by atoms with Crippen molar-refractivity contribution in [2.24, 2.45) is 11.0 Å². The van der Waals surface area contributed by atoms with Crippen LogP contribution in [0.3, 0.4) is 0 Å². The van der Waals surface area contributed by atoms with E-state index in [1.54, 1.807) is 6.07 Å². The number of anilines is 1. The van der Waals surface area contributed by atoms with E-state index in [0.717, 1.165) is 5.88 Å². The average Bonchev–Trinajstić information content (AvgIpc) is 2.65. The van der Waals surface area contributed by atoms with Gasteiger partial charge in [-0.3, -0.25) is 4.79 Å². The number of nitrogens with zero attached hydrogens (tertiary/aromatic N) is 2. The third-order valence-corrected chi connectivity index (χ3v) is 2.03. The molecule has 94 valence electrons. The first-order chi connectivity index (χ1) is 7.99. The molecule has 1 aromatic heterocycles. The van der Waals surface area contributed by atoms with Crippen molar-refractivity contribution in [1.82, 2.24) is 5.43 Å². The molecule has 1 N–H and O–H groups in total. The Morgan fingerprint density at radius 2 is 2.24 bits per heavy atom. The maximum Gasteiger partial charge on any atom is 0.240 e. The lowest BCUT2D eigenvalue weighted by molar-refractivity contribution is -0.121. The van der Waals surface area contributed by atoms with Crippen LogP contribution in [0.15, 0.2) is 21.7 Å². The number of furan rings is 1. The summed E-state index contributed by atoms with van der Waals surface area (Å²) in [5.74, 6) is 1.60. The van der Waals surface area contributed by atoms with Crippen LogP contribution in [0.5, 0.6) is 0 Å². The number of hydrazone groups is 1. The number of hydrogen-bond acceptors (Lipinski definition) is 4. The van der Waals surface area contributed by atoms with Gasteiger partial charge in [-0.1, -0.05) is 13.8 Å². The summed E-state index contributed by atoms with van der Waals surface area (Å²) >= 11 is 0. The van der Waals surface area contributed by atoms with Crippen molar-refractivity contribution in [3.8, 4) is 0 Å². The molecule has 17 heavy (non-hydrogen) atoms. The Kier molecular flexibility index (Phi) is 4.75. The molecule has 0 spiro atoms. The molecular formula is C12H19N3O2. The van der Waals surface area contributed by atoms with E-state index in [2.05, 4.69) is 10.5 Å². The normalized spacial score (nSPS) is 11.1. The molecule has 1 amide bonds. The van der Waals surface area contributed by atoms with Gasteiger partial charge in [0, 0.05) is 26.6 Å². The van der Waals surface area contributed by atoms with Crippen molar-refractivity contribution in [3.05, 3.63) is 17.9 Å². The van der Waals surface area contributed by atoms with Gasteiger partial charge >= 0.3 is 0 Å². The van der Waals surface area contributed by atoms with Gasteiger partial charge in [0.05, 0.1) is 6.21 Å². The number of hydrogen-bond donors (Lipinski definition) is 1. The SMILES string of the molecule is CC(C)CC(=O)N/N=C\c1ccc(N(C)C)o1. The summed E-state index contributed by atoms with van der Waals surface area (Å²) < 4.78 is 5.43. The van der Waals surface area contributed by atoms with Gasteiger partial charge in [0.1, 0.15) is 5.76 Å². The minimum absolute atomic E-state index is 0.0874. The maximum absolute atomic E-state index is 11.3. The molecule has 0 aliphatic carbocycles. The third-order valence-electron chi connectivity index (χ3n) is 2.03. The Morgan fingerprint density at radius 3 is 2.76 bits per heavy atom. The molecule has 0 saturated heterocycles. The molecule has 0 aromatic carbocycles. The summed E-state index contributed by atoms with van der Waals surface area (Å²) in [6.45, 7) is 3.97. The third kappa shape index (κ3) is 4.72. The molecule has 1 aromatic rings. The highest BCUT2D eigenvalue weighted by Crippen LogP contribution is 2.13. The lowest BCUT2D eigenvalue weighted by atomic mass is 10.1. The van der Waals surface area contributed by atoms with E-state index in [4.69, 9.17) is 4.42 Å². The Balaban J connectivity index is 2.45. The lowest BCUT2D eigenvalue weighted by Crippen LogP contribution is -2.18. The van der Waals surface area contributed by atoms with Crippen LogP contribution in [0.1, 0.15) is 26.0 Å². The number of carbonyl (C=O) groups is 1. The molecule has 0 atom stereocenters. The summed E-state index contributed by atoms with van der Waals surface area (Å²) in [5.41, 5.74) is 2.46. The topological polar surface area (TPSA) is 57.8 Å². The van der Waals surface area contributed by atoms with Crippen LogP contribution in [-0.4, -0.2) is 26.2 Å². The Bertz CT molecular complexity index is 394. The molecule has 0 fully saturated rings. The first kappa shape index (κ1) is 13.3. The molecular weight excluding hydrogens is 218 g/mol. The highest BCUT2D eigenvalue weighted by atomic mass is 16.4. The summed E-state index contributed by atoms with van der Waals surface area (Å²) in [4.78, 5) is 13.1. The monoisotopic (exact) mass is 237 g/mol. The average molecular weight is 237 g/mol. The second-order valence-electron chi connectivity index (χ2n) is 4.46. The fourth-order valence-electron chi connectivity index (χ4n) is 1.24. The lowest BCUT2D eigenvalue weighted by Gasteiger charge is -2.05. The van der Waals surface area contributed by atoms with E-state index in [9.17, 15) is 4.79 Å². The molecule has 0 aliphatic rings.